The van der Waals surface area contributed by atoms with Gasteiger partial charge in [0.2, 0.25) is 0 Å². The van der Waals surface area contributed by atoms with Crippen molar-refractivity contribution in [3.8, 4) is 22.6 Å². The van der Waals surface area contributed by atoms with Crippen LogP contribution in [0.25, 0.3) is 11.1 Å². The van der Waals surface area contributed by atoms with Gasteiger partial charge in [0.15, 0.2) is 23.2 Å². The van der Waals surface area contributed by atoms with E-state index in [9.17, 15) is 9.18 Å². The molecule has 1 aliphatic rings. The Bertz CT molecular complexity index is 1270. The van der Waals surface area contributed by atoms with Crippen LogP contribution in [0.4, 0.5) is 13.2 Å². The highest BCUT2D eigenvalue weighted by Gasteiger charge is 2.29. The number of halogens is 3. The lowest BCUT2D eigenvalue weighted by molar-refractivity contribution is 0.0193. The maximum atomic E-state index is 15.2. The third-order valence-electron chi connectivity index (χ3n) is 7.35. The lowest BCUT2D eigenvalue weighted by Gasteiger charge is -2.29. The van der Waals surface area contributed by atoms with Crippen molar-refractivity contribution in [3.05, 3.63) is 83.2 Å². The Hall–Kier alpha value is -3.48. The molecule has 1 aliphatic carbocycles. The quantitative estimate of drug-likeness (QED) is 0.166. The molecule has 0 heterocycles. The van der Waals surface area contributed by atoms with Crippen LogP contribution in [-0.4, -0.2) is 25.3 Å². The van der Waals surface area contributed by atoms with Crippen molar-refractivity contribution in [2.45, 2.75) is 77.2 Å². The Morgan fingerprint density at radius 3 is 2.12 bits per heavy atom. The van der Waals surface area contributed by atoms with E-state index >= 15 is 8.78 Å². The average Bonchev–Trinajstić information content (AvgIpc) is 2.96. The third-order valence-corrected chi connectivity index (χ3v) is 7.35. The number of esters is 1. The highest BCUT2D eigenvalue weighted by molar-refractivity contribution is 5.89. The van der Waals surface area contributed by atoms with Crippen molar-refractivity contribution in [1.82, 2.24) is 0 Å². The molecule has 7 heteroatoms. The standard InChI is InChI=1S/C33H37F3O4/c1-3-5-19-38-25-12-7-22(8-13-25)27-16-17-28(32(36)31(27)35)23-9-14-26(15-10-23)40-33(37)24-11-18-30(29(34)21-24)39-20-6-4-2/h7-8,11-13,16-18,21,23,26H,3-6,9-10,14-15,19-20H2,1-2H3. The molecule has 3 aromatic carbocycles. The van der Waals surface area contributed by atoms with E-state index in [1.165, 1.54) is 12.1 Å². The van der Waals surface area contributed by atoms with Crippen LogP contribution in [0.2, 0.25) is 0 Å². The van der Waals surface area contributed by atoms with E-state index in [-0.39, 0.29) is 28.9 Å². The second-order valence-electron chi connectivity index (χ2n) is 10.3. The van der Waals surface area contributed by atoms with Gasteiger partial charge in [0.05, 0.1) is 18.8 Å². The maximum absolute atomic E-state index is 15.2. The Labute approximate surface area is 234 Å². The second-order valence-corrected chi connectivity index (χ2v) is 10.3. The minimum atomic E-state index is -0.866. The van der Waals surface area contributed by atoms with E-state index in [1.54, 1.807) is 36.4 Å². The number of unbranched alkanes of at least 4 members (excludes halogenated alkanes) is 2. The fourth-order valence-corrected chi connectivity index (χ4v) is 4.95. The molecule has 0 aromatic heterocycles. The van der Waals surface area contributed by atoms with Crippen LogP contribution in [-0.2, 0) is 4.74 Å². The largest absolute Gasteiger partial charge is 0.494 e. The van der Waals surface area contributed by atoms with E-state index in [2.05, 4.69) is 6.92 Å². The van der Waals surface area contributed by atoms with Gasteiger partial charge in [-0.15, -0.1) is 0 Å². The summed E-state index contributed by atoms with van der Waals surface area (Å²) in [7, 11) is 0. The molecular weight excluding hydrogens is 517 g/mol. The third kappa shape index (κ3) is 7.38. The first-order valence-electron chi connectivity index (χ1n) is 14.3. The van der Waals surface area contributed by atoms with Crippen molar-refractivity contribution in [1.29, 1.82) is 0 Å². The van der Waals surface area contributed by atoms with Crippen molar-refractivity contribution < 1.29 is 32.2 Å². The number of carbonyl (C=O) groups is 1. The summed E-state index contributed by atoms with van der Waals surface area (Å²) in [5, 5.41) is 0. The van der Waals surface area contributed by atoms with Gasteiger partial charge in [-0.05, 0) is 85.9 Å². The van der Waals surface area contributed by atoms with Gasteiger partial charge < -0.3 is 14.2 Å². The minimum absolute atomic E-state index is 0.110. The first kappa shape index (κ1) is 29.5. The number of carbonyl (C=O) groups excluding carboxylic acids is 1. The number of hydrogen-bond donors (Lipinski definition) is 0. The molecule has 0 N–H and O–H groups in total. The molecule has 214 valence electrons. The highest BCUT2D eigenvalue weighted by Crippen LogP contribution is 2.38. The zero-order valence-electron chi connectivity index (χ0n) is 23.2. The number of rotatable bonds is 12. The molecule has 4 nitrogen and oxygen atoms in total. The fraction of sp³-hybridized carbons (Fsp3) is 0.424. The van der Waals surface area contributed by atoms with Gasteiger partial charge in [0.1, 0.15) is 11.9 Å². The van der Waals surface area contributed by atoms with Gasteiger partial charge in [-0.25, -0.2) is 18.0 Å². The molecule has 0 amide bonds. The molecule has 0 aliphatic heterocycles. The fourth-order valence-electron chi connectivity index (χ4n) is 4.95. The topological polar surface area (TPSA) is 44.8 Å². The molecule has 0 radical (unpaired) electrons. The summed E-state index contributed by atoms with van der Waals surface area (Å²) in [6, 6.07) is 14.3. The molecule has 0 unspecified atom stereocenters. The van der Waals surface area contributed by atoms with Crippen LogP contribution in [0, 0.1) is 17.5 Å². The van der Waals surface area contributed by atoms with E-state index in [0.717, 1.165) is 31.7 Å². The first-order valence-corrected chi connectivity index (χ1v) is 14.3. The lowest BCUT2D eigenvalue weighted by Crippen LogP contribution is -2.24. The Morgan fingerprint density at radius 2 is 1.48 bits per heavy atom. The van der Waals surface area contributed by atoms with Crippen LogP contribution in [0.3, 0.4) is 0 Å². The molecule has 0 atom stereocenters. The molecule has 0 spiro atoms. The van der Waals surface area contributed by atoms with Crippen molar-refractivity contribution in [2.75, 3.05) is 13.2 Å². The van der Waals surface area contributed by atoms with Gasteiger partial charge in [-0.1, -0.05) is 51.0 Å². The normalized spacial score (nSPS) is 16.9. The van der Waals surface area contributed by atoms with Gasteiger partial charge in [-0.3, -0.25) is 0 Å². The number of hydrogen-bond acceptors (Lipinski definition) is 4. The summed E-state index contributed by atoms with van der Waals surface area (Å²) in [4.78, 5) is 12.6. The average molecular weight is 555 g/mol. The summed E-state index contributed by atoms with van der Waals surface area (Å²) in [5.41, 5.74) is 1.24. The molecule has 0 bridgehead atoms. The number of ether oxygens (including phenoxy) is 3. The monoisotopic (exact) mass is 554 g/mol. The maximum Gasteiger partial charge on any atom is 0.338 e. The molecule has 0 saturated heterocycles. The molecule has 3 aromatic rings. The van der Waals surface area contributed by atoms with Gasteiger partial charge >= 0.3 is 5.97 Å². The Kier molecular flexibility index (Phi) is 10.5. The summed E-state index contributed by atoms with van der Waals surface area (Å²) in [5.74, 6) is -2.28. The van der Waals surface area contributed by atoms with Crippen molar-refractivity contribution in [3.63, 3.8) is 0 Å². The van der Waals surface area contributed by atoms with Crippen LogP contribution in [0.5, 0.6) is 11.5 Å². The van der Waals surface area contributed by atoms with Crippen LogP contribution >= 0.6 is 0 Å². The first-order chi connectivity index (χ1) is 19.4. The van der Waals surface area contributed by atoms with Gasteiger partial charge in [-0.2, -0.15) is 0 Å². The SMILES string of the molecule is CCCCOc1ccc(-c2ccc(C3CCC(OC(=O)c4ccc(OCCCC)c(F)c4)CC3)c(F)c2F)cc1. The Morgan fingerprint density at radius 1 is 0.800 bits per heavy atom. The van der Waals surface area contributed by atoms with E-state index < -0.39 is 23.4 Å². The highest BCUT2D eigenvalue weighted by atomic mass is 19.2. The van der Waals surface area contributed by atoms with Crippen LogP contribution in [0.1, 0.15) is 87.1 Å². The Balaban J connectivity index is 1.33. The summed E-state index contributed by atoms with van der Waals surface area (Å²) in [6.07, 6.45) is 5.51. The summed E-state index contributed by atoms with van der Waals surface area (Å²) in [6.45, 7) is 5.14. The smallest absolute Gasteiger partial charge is 0.338 e. The van der Waals surface area contributed by atoms with Crippen molar-refractivity contribution in [2.24, 2.45) is 0 Å². The molecule has 40 heavy (non-hydrogen) atoms. The van der Waals surface area contributed by atoms with Gasteiger partial charge in [0, 0.05) is 5.56 Å². The zero-order valence-corrected chi connectivity index (χ0v) is 23.2. The molecule has 1 saturated carbocycles. The second kappa shape index (κ2) is 14.2. The van der Waals surface area contributed by atoms with Crippen LogP contribution in [0.15, 0.2) is 54.6 Å². The predicted molar refractivity (Wildman–Crippen MR) is 149 cm³/mol. The van der Waals surface area contributed by atoms with E-state index in [0.29, 0.717) is 55.8 Å². The van der Waals surface area contributed by atoms with E-state index in [4.69, 9.17) is 14.2 Å². The van der Waals surface area contributed by atoms with Crippen LogP contribution < -0.4 is 9.47 Å². The van der Waals surface area contributed by atoms with Gasteiger partial charge in [0.25, 0.3) is 0 Å². The molecule has 4 rings (SSSR count). The van der Waals surface area contributed by atoms with E-state index in [1.807, 2.05) is 6.92 Å². The summed E-state index contributed by atoms with van der Waals surface area (Å²) < 4.78 is 61.3. The lowest BCUT2D eigenvalue weighted by atomic mass is 9.82. The number of benzene rings is 3. The zero-order chi connectivity index (χ0) is 28.5. The van der Waals surface area contributed by atoms with Crippen molar-refractivity contribution >= 4 is 5.97 Å². The molecular formula is C33H37F3O4. The predicted octanol–water partition coefficient (Wildman–Crippen LogP) is 9.01. The molecule has 1 fully saturated rings. The summed E-state index contributed by atoms with van der Waals surface area (Å²) >= 11 is 0. The minimum Gasteiger partial charge on any atom is -0.494 e.